The predicted octanol–water partition coefficient (Wildman–Crippen LogP) is 2.90. The quantitative estimate of drug-likeness (QED) is 0.806. The predicted molar refractivity (Wildman–Crippen MR) is 92.7 cm³/mol. The topological polar surface area (TPSA) is 52.2 Å². The van der Waals surface area contributed by atoms with E-state index >= 15 is 0 Å². The fourth-order valence-corrected chi connectivity index (χ4v) is 2.61. The zero-order valence-electron chi connectivity index (χ0n) is 13.6. The third-order valence-corrected chi connectivity index (χ3v) is 3.93. The molecule has 3 aromatic rings. The van der Waals surface area contributed by atoms with Gasteiger partial charge in [0.25, 0.3) is 5.91 Å². The van der Waals surface area contributed by atoms with Crippen LogP contribution in [0, 0.1) is 0 Å². The summed E-state index contributed by atoms with van der Waals surface area (Å²) in [5.41, 5.74) is 3.79. The molecule has 5 heteroatoms. The smallest absolute Gasteiger partial charge is 0.254 e. The van der Waals surface area contributed by atoms with E-state index in [9.17, 15) is 4.79 Å². The van der Waals surface area contributed by atoms with Gasteiger partial charge < -0.3 is 9.80 Å². The van der Waals surface area contributed by atoms with Crippen LogP contribution < -0.4 is 4.90 Å². The summed E-state index contributed by atoms with van der Waals surface area (Å²) in [5.74, 6) is -0.00585. The molecule has 0 saturated carbocycles. The molecule has 1 heterocycles. The first kappa shape index (κ1) is 15.1. The van der Waals surface area contributed by atoms with Crippen LogP contribution in [-0.2, 0) is 6.54 Å². The number of nitrogens with zero attached hydrogens (tertiary/aromatic N) is 3. The Balaban J connectivity index is 1.78. The standard InChI is InChI=1S/C18H20N4O/c1-21(2)14-9-7-13(8-10-14)12-22(3)18(23)15-5-4-6-17-16(15)11-19-20-17/h4-11H,12H2,1-3H3,(H,19,20). The summed E-state index contributed by atoms with van der Waals surface area (Å²) in [7, 11) is 5.84. The van der Waals surface area contributed by atoms with Crippen molar-refractivity contribution in [1.29, 1.82) is 0 Å². The van der Waals surface area contributed by atoms with E-state index in [2.05, 4.69) is 39.4 Å². The number of benzene rings is 2. The second-order valence-corrected chi connectivity index (χ2v) is 5.86. The molecular formula is C18H20N4O. The fourth-order valence-electron chi connectivity index (χ4n) is 2.61. The number of rotatable bonds is 4. The van der Waals surface area contributed by atoms with Crippen LogP contribution in [0.5, 0.6) is 0 Å². The highest BCUT2D eigenvalue weighted by Gasteiger charge is 2.15. The van der Waals surface area contributed by atoms with Crippen molar-refractivity contribution in [2.24, 2.45) is 0 Å². The van der Waals surface area contributed by atoms with Crippen molar-refractivity contribution < 1.29 is 4.79 Å². The number of H-pyrrole nitrogens is 1. The van der Waals surface area contributed by atoms with Crippen molar-refractivity contribution in [2.45, 2.75) is 6.54 Å². The molecular weight excluding hydrogens is 288 g/mol. The first-order chi connectivity index (χ1) is 11.1. The van der Waals surface area contributed by atoms with Gasteiger partial charge in [-0.05, 0) is 29.8 Å². The number of fused-ring (bicyclic) bond motifs is 1. The average Bonchev–Trinajstić information content (AvgIpc) is 3.03. The van der Waals surface area contributed by atoms with Gasteiger partial charge in [0.2, 0.25) is 0 Å². The molecule has 2 aromatic carbocycles. The molecule has 1 amide bonds. The zero-order chi connectivity index (χ0) is 16.4. The number of amides is 1. The van der Waals surface area contributed by atoms with E-state index in [0.717, 1.165) is 22.2 Å². The van der Waals surface area contributed by atoms with Crippen molar-refractivity contribution >= 4 is 22.5 Å². The maximum absolute atomic E-state index is 12.7. The largest absolute Gasteiger partial charge is 0.378 e. The van der Waals surface area contributed by atoms with Crippen molar-refractivity contribution in [1.82, 2.24) is 15.1 Å². The van der Waals surface area contributed by atoms with E-state index in [-0.39, 0.29) is 5.91 Å². The second-order valence-electron chi connectivity index (χ2n) is 5.86. The Hall–Kier alpha value is -2.82. The fraction of sp³-hybridized carbons (Fsp3) is 0.222. The van der Waals surface area contributed by atoms with Crippen molar-refractivity contribution in [3.8, 4) is 0 Å². The number of hydrogen-bond donors (Lipinski definition) is 1. The third kappa shape index (κ3) is 3.04. The molecule has 0 atom stereocenters. The van der Waals surface area contributed by atoms with Gasteiger partial charge in [0.15, 0.2) is 0 Å². The van der Waals surface area contributed by atoms with Gasteiger partial charge in [0.05, 0.1) is 17.3 Å². The lowest BCUT2D eigenvalue weighted by Gasteiger charge is -2.19. The number of carbonyl (C=O) groups is 1. The van der Waals surface area contributed by atoms with Gasteiger partial charge in [0.1, 0.15) is 0 Å². The number of aromatic amines is 1. The van der Waals surface area contributed by atoms with Crippen LogP contribution >= 0.6 is 0 Å². The van der Waals surface area contributed by atoms with Gasteiger partial charge in [-0.3, -0.25) is 9.89 Å². The Morgan fingerprint density at radius 3 is 2.52 bits per heavy atom. The van der Waals surface area contributed by atoms with Crippen molar-refractivity contribution in [2.75, 3.05) is 26.0 Å². The lowest BCUT2D eigenvalue weighted by Crippen LogP contribution is -2.26. The summed E-state index contributed by atoms with van der Waals surface area (Å²) >= 11 is 0. The molecule has 3 rings (SSSR count). The van der Waals surface area contributed by atoms with E-state index in [1.807, 2.05) is 39.3 Å². The summed E-state index contributed by atoms with van der Waals surface area (Å²) in [6.45, 7) is 0.570. The highest BCUT2D eigenvalue weighted by Crippen LogP contribution is 2.19. The summed E-state index contributed by atoms with van der Waals surface area (Å²) in [4.78, 5) is 16.5. The molecule has 0 radical (unpaired) electrons. The van der Waals surface area contributed by atoms with Crippen LogP contribution in [0.25, 0.3) is 10.9 Å². The molecule has 0 saturated heterocycles. The minimum absolute atomic E-state index is 0.00585. The number of carbonyl (C=O) groups excluding carboxylic acids is 1. The molecule has 118 valence electrons. The second kappa shape index (κ2) is 6.12. The summed E-state index contributed by atoms with van der Waals surface area (Å²) in [5, 5.41) is 7.76. The molecule has 0 spiro atoms. The molecule has 23 heavy (non-hydrogen) atoms. The Labute approximate surface area is 135 Å². The number of aromatic nitrogens is 2. The van der Waals surface area contributed by atoms with Gasteiger partial charge in [0, 0.05) is 38.8 Å². The maximum Gasteiger partial charge on any atom is 0.254 e. The first-order valence-electron chi connectivity index (χ1n) is 7.50. The monoisotopic (exact) mass is 308 g/mol. The highest BCUT2D eigenvalue weighted by molar-refractivity contribution is 6.05. The van der Waals surface area contributed by atoms with Gasteiger partial charge in [-0.15, -0.1) is 0 Å². The molecule has 0 aliphatic heterocycles. The Kier molecular flexibility index (Phi) is 4.02. The van der Waals surface area contributed by atoms with Gasteiger partial charge in [-0.2, -0.15) is 5.10 Å². The van der Waals surface area contributed by atoms with Gasteiger partial charge in [-0.25, -0.2) is 0 Å². The summed E-state index contributed by atoms with van der Waals surface area (Å²) < 4.78 is 0. The van der Waals surface area contributed by atoms with Crippen LogP contribution in [-0.4, -0.2) is 42.1 Å². The van der Waals surface area contributed by atoms with Crippen LogP contribution in [0.1, 0.15) is 15.9 Å². The maximum atomic E-state index is 12.7. The Morgan fingerprint density at radius 2 is 1.83 bits per heavy atom. The van der Waals surface area contributed by atoms with Crippen molar-refractivity contribution in [3.05, 3.63) is 59.8 Å². The number of nitrogens with one attached hydrogen (secondary N) is 1. The molecule has 0 fully saturated rings. The average molecular weight is 308 g/mol. The van der Waals surface area contributed by atoms with E-state index in [1.165, 1.54) is 0 Å². The van der Waals surface area contributed by atoms with Crippen LogP contribution in [0.3, 0.4) is 0 Å². The summed E-state index contributed by atoms with van der Waals surface area (Å²) in [6.07, 6.45) is 1.70. The first-order valence-corrected chi connectivity index (χ1v) is 7.50. The lowest BCUT2D eigenvalue weighted by atomic mass is 10.1. The molecule has 1 N–H and O–H groups in total. The van der Waals surface area contributed by atoms with E-state index in [4.69, 9.17) is 0 Å². The molecule has 0 bridgehead atoms. The molecule has 0 aliphatic rings. The molecule has 0 aliphatic carbocycles. The summed E-state index contributed by atoms with van der Waals surface area (Å²) in [6, 6.07) is 13.8. The van der Waals surface area contributed by atoms with Crippen molar-refractivity contribution in [3.63, 3.8) is 0 Å². The van der Waals surface area contributed by atoms with Crippen LogP contribution in [0.4, 0.5) is 5.69 Å². The van der Waals surface area contributed by atoms with Gasteiger partial charge >= 0.3 is 0 Å². The minimum atomic E-state index is -0.00585. The van der Waals surface area contributed by atoms with Crippen LogP contribution in [0.15, 0.2) is 48.7 Å². The Bertz CT molecular complexity index is 820. The third-order valence-electron chi connectivity index (χ3n) is 3.93. The molecule has 1 aromatic heterocycles. The number of hydrogen-bond acceptors (Lipinski definition) is 3. The minimum Gasteiger partial charge on any atom is -0.378 e. The molecule has 0 unspecified atom stereocenters. The zero-order valence-corrected chi connectivity index (χ0v) is 13.6. The van der Waals surface area contributed by atoms with E-state index in [0.29, 0.717) is 12.1 Å². The van der Waals surface area contributed by atoms with E-state index in [1.54, 1.807) is 11.1 Å². The normalized spacial score (nSPS) is 10.7. The molecule has 5 nitrogen and oxygen atoms in total. The highest BCUT2D eigenvalue weighted by atomic mass is 16.2. The van der Waals surface area contributed by atoms with E-state index < -0.39 is 0 Å². The van der Waals surface area contributed by atoms with Gasteiger partial charge in [-0.1, -0.05) is 18.2 Å². The Morgan fingerprint density at radius 1 is 1.09 bits per heavy atom. The van der Waals surface area contributed by atoms with Crippen LogP contribution in [0.2, 0.25) is 0 Å². The SMILES string of the molecule is CN(Cc1ccc(N(C)C)cc1)C(=O)c1cccc2[nH]ncc12. The lowest BCUT2D eigenvalue weighted by molar-refractivity contribution is 0.0787. The number of anilines is 1.